The number of benzene rings is 1. The van der Waals surface area contributed by atoms with Gasteiger partial charge in [0, 0.05) is 32.2 Å². The van der Waals surface area contributed by atoms with Gasteiger partial charge >= 0.3 is 5.69 Å². The summed E-state index contributed by atoms with van der Waals surface area (Å²) in [5.74, 6) is 0.907. The van der Waals surface area contributed by atoms with E-state index in [2.05, 4.69) is 32.4 Å². The van der Waals surface area contributed by atoms with Crippen LogP contribution in [-0.2, 0) is 16.6 Å². The molecule has 4 aromatic rings. The van der Waals surface area contributed by atoms with Crippen LogP contribution in [0.5, 0.6) is 5.75 Å². The van der Waals surface area contributed by atoms with Gasteiger partial charge in [0.1, 0.15) is 23.4 Å². The van der Waals surface area contributed by atoms with Crippen LogP contribution in [0, 0.1) is 0 Å². The predicted molar refractivity (Wildman–Crippen MR) is 141 cm³/mol. The van der Waals surface area contributed by atoms with Gasteiger partial charge in [0.15, 0.2) is 11.3 Å². The predicted octanol–water partition coefficient (Wildman–Crippen LogP) is 2.23. The molecule has 6 rings (SSSR count). The standard InChI is InChI=1S/C25H30N8O4S/c1-3-9-32-23-21(24-29-26-16-33(24)25(32)34)27-22(28-23)19-14-18(7-8-20(19)37-13-4-2)38(35,36)31-12-11-30-10-5-6-17(30)15-31/h5,7-8,10,14,16-17H,3-4,6,9,11-13,15H2,1-2H3,(H,27,28)/t17-/m0/s1. The first-order chi connectivity index (χ1) is 18.4. The molecule has 0 spiro atoms. The molecule has 5 heterocycles. The Bertz CT molecular complexity index is 1700. The molecule has 1 atom stereocenters. The molecule has 1 saturated heterocycles. The van der Waals surface area contributed by atoms with E-state index in [-0.39, 0.29) is 16.6 Å². The van der Waals surface area contributed by atoms with Crippen molar-refractivity contribution in [1.82, 2.24) is 38.3 Å². The van der Waals surface area contributed by atoms with Crippen molar-refractivity contribution < 1.29 is 13.2 Å². The Hall–Kier alpha value is -3.71. The smallest absolute Gasteiger partial charge is 0.336 e. The molecule has 1 N–H and O–H groups in total. The van der Waals surface area contributed by atoms with E-state index in [0.717, 1.165) is 19.3 Å². The summed E-state index contributed by atoms with van der Waals surface area (Å²) in [6.07, 6.45) is 7.88. The summed E-state index contributed by atoms with van der Waals surface area (Å²) in [5, 5.41) is 8.03. The van der Waals surface area contributed by atoms with Crippen LogP contribution in [0.2, 0.25) is 0 Å². The number of imidazole rings is 1. The molecular formula is C25H30N8O4S. The third-order valence-electron chi connectivity index (χ3n) is 7.10. The molecule has 38 heavy (non-hydrogen) atoms. The molecule has 0 radical (unpaired) electrons. The lowest BCUT2D eigenvalue weighted by Gasteiger charge is -2.37. The zero-order valence-corrected chi connectivity index (χ0v) is 22.2. The van der Waals surface area contributed by atoms with Crippen molar-refractivity contribution in [3.05, 3.63) is 47.3 Å². The third kappa shape index (κ3) is 3.97. The van der Waals surface area contributed by atoms with Gasteiger partial charge in [-0.15, -0.1) is 10.2 Å². The number of fused-ring (bicyclic) bond motifs is 4. The second-order valence-corrected chi connectivity index (χ2v) is 11.6. The number of nitrogens with one attached hydrogen (secondary N) is 1. The van der Waals surface area contributed by atoms with Crippen molar-refractivity contribution in [2.75, 3.05) is 26.2 Å². The zero-order chi connectivity index (χ0) is 26.4. The van der Waals surface area contributed by atoms with Crippen molar-refractivity contribution >= 4 is 26.8 Å². The minimum atomic E-state index is -3.75. The van der Waals surface area contributed by atoms with Gasteiger partial charge in [-0.1, -0.05) is 19.9 Å². The molecule has 0 aliphatic carbocycles. The van der Waals surface area contributed by atoms with Crippen LogP contribution in [-0.4, -0.2) is 79.0 Å². The van der Waals surface area contributed by atoms with Crippen LogP contribution in [0.25, 0.3) is 28.2 Å². The number of piperazine rings is 1. The first-order valence-electron chi connectivity index (χ1n) is 12.9. The molecular weight excluding hydrogens is 508 g/mol. The van der Waals surface area contributed by atoms with Gasteiger partial charge in [0.2, 0.25) is 10.0 Å². The number of nitrogens with zero attached hydrogens (tertiary/aromatic N) is 7. The Balaban J connectivity index is 1.47. The number of hydrogen-bond acceptors (Lipinski definition) is 8. The summed E-state index contributed by atoms with van der Waals surface area (Å²) < 4.78 is 38.0. The summed E-state index contributed by atoms with van der Waals surface area (Å²) in [6.45, 7) is 6.44. The monoisotopic (exact) mass is 538 g/mol. The number of rotatable bonds is 8. The Morgan fingerprint density at radius 2 is 2.03 bits per heavy atom. The molecule has 12 nitrogen and oxygen atoms in total. The first-order valence-corrected chi connectivity index (χ1v) is 14.4. The highest BCUT2D eigenvalue weighted by Crippen LogP contribution is 2.34. The molecule has 13 heteroatoms. The van der Waals surface area contributed by atoms with Gasteiger partial charge in [0.05, 0.1) is 17.1 Å². The van der Waals surface area contributed by atoms with Crippen molar-refractivity contribution in [1.29, 1.82) is 0 Å². The first kappa shape index (κ1) is 24.6. The van der Waals surface area contributed by atoms with Gasteiger partial charge in [-0.3, -0.25) is 4.57 Å². The van der Waals surface area contributed by atoms with E-state index < -0.39 is 10.0 Å². The van der Waals surface area contributed by atoms with E-state index in [9.17, 15) is 13.2 Å². The highest BCUT2D eigenvalue weighted by atomic mass is 32.2. The van der Waals surface area contributed by atoms with Crippen LogP contribution in [0.15, 0.2) is 46.5 Å². The minimum absolute atomic E-state index is 0.168. The number of aromatic nitrogens is 6. The molecule has 0 amide bonds. The normalized spacial score (nSPS) is 18.1. The van der Waals surface area contributed by atoms with Crippen LogP contribution in [0.3, 0.4) is 0 Å². The molecule has 1 aromatic carbocycles. The maximum absolute atomic E-state index is 13.7. The van der Waals surface area contributed by atoms with E-state index in [4.69, 9.17) is 9.72 Å². The van der Waals surface area contributed by atoms with Gasteiger partial charge in [0.25, 0.3) is 0 Å². The van der Waals surface area contributed by atoms with Gasteiger partial charge < -0.3 is 14.6 Å². The quantitative estimate of drug-likeness (QED) is 0.361. The summed E-state index contributed by atoms with van der Waals surface area (Å²) in [4.78, 5) is 23.5. The van der Waals surface area contributed by atoms with Gasteiger partial charge in [-0.25, -0.2) is 22.6 Å². The zero-order valence-electron chi connectivity index (χ0n) is 21.4. The Labute approximate surface area is 219 Å². The number of H-pyrrole nitrogens is 1. The summed E-state index contributed by atoms with van der Waals surface area (Å²) in [7, 11) is -3.75. The lowest BCUT2D eigenvalue weighted by atomic mass is 10.2. The van der Waals surface area contributed by atoms with Crippen molar-refractivity contribution in [2.45, 2.75) is 50.6 Å². The fourth-order valence-electron chi connectivity index (χ4n) is 5.19. The lowest BCUT2D eigenvalue weighted by Crippen LogP contribution is -2.51. The molecule has 2 aliphatic heterocycles. The molecule has 200 valence electrons. The second-order valence-electron chi connectivity index (χ2n) is 9.62. The average molecular weight is 539 g/mol. The maximum atomic E-state index is 13.7. The lowest BCUT2D eigenvalue weighted by molar-refractivity contribution is 0.184. The number of aryl methyl sites for hydroxylation is 1. The summed E-state index contributed by atoms with van der Waals surface area (Å²) in [6, 6.07) is 5.06. The van der Waals surface area contributed by atoms with Gasteiger partial charge in [-0.05, 0) is 43.7 Å². The second kappa shape index (κ2) is 9.55. The fraction of sp³-hybridized carbons (Fsp3) is 0.440. The highest BCUT2D eigenvalue weighted by molar-refractivity contribution is 7.89. The number of ether oxygens (including phenoxy) is 1. The van der Waals surface area contributed by atoms with Crippen LogP contribution in [0.1, 0.15) is 33.1 Å². The Morgan fingerprint density at radius 1 is 1.16 bits per heavy atom. The molecule has 2 aliphatic rings. The summed E-state index contributed by atoms with van der Waals surface area (Å²) >= 11 is 0. The van der Waals surface area contributed by atoms with Crippen LogP contribution in [0.4, 0.5) is 0 Å². The molecule has 1 fully saturated rings. The summed E-state index contributed by atoms with van der Waals surface area (Å²) in [5.41, 5.74) is 1.57. The van der Waals surface area contributed by atoms with Gasteiger partial charge in [-0.2, -0.15) is 4.31 Å². The molecule has 0 bridgehead atoms. The minimum Gasteiger partial charge on any atom is -0.493 e. The molecule has 0 saturated carbocycles. The van der Waals surface area contributed by atoms with Crippen LogP contribution < -0.4 is 10.4 Å². The molecule has 3 aromatic heterocycles. The van der Waals surface area contributed by atoms with Crippen molar-refractivity contribution in [2.24, 2.45) is 0 Å². The Kier molecular flexibility index (Phi) is 6.19. The Morgan fingerprint density at radius 3 is 2.84 bits per heavy atom. The van der Waals surface area contributed by atoms with E-state index in [0.29, 0.717) is 66.7 Å². The van der Waals surface area contributed by atoms with E-state index in [1.165, 1.54) is 10.7 Å². The molecule has 0 unspecified atom stereocenters. The number of aromatic amines is 1. The average Bonchev–Trinajstić information content (AvgIpc) is 3.68. The number of sulfonamides is 1. The van der Waals surface area contributed by atoms with Crippen molar-refractivity contribution in [3.8, 4) is 17.1 Å². The maximum Gasteiger partial charge on any atom is 0.336 e. The van der Waals surface area contributed by atoms with E-state index in [1.54, 1.807) is 27.1 Å². The van der Waals surface area contributed by atoms with E-state index in [1.807, 2.05) is 13.8 Å². The largest absolute Gasteiger partial charge is 0.493 e. The van der Waals surface area contributed by atoms with Crippen molar-refractivity contribution in [3.63, 3.8) is 0 Å². The fourth-order valence-corrected chi connectivity index (χ4v) is 6.69. The number of hydrogen-bond donors (Lipinski definition) is 1. The highest BCUT2D eigenvalue weighted by Gasteiger charge is 2.34. The SMILES string of the molecule is CCCOc1ccc(S(=O)(=O)N2CCN3C=CC[C@H]3C2)cc1-c1nc2c([nH]1)c1nncn1c(=O)n2CCC. The van der Waals surface area contributed by atoms with E-state index >= 15 is 0 Å². The van der Waals surface area contributed by atoms with Crippen LogP contribution >= 0.6 is 0 Å². The third-order valence-corrected chi connectivity index (χ3v) is 8.96. The topological polar surface area (TPSA) is 131 Å².